The van der Waals surface area contributed by atoms with E-state index in [2.05, 4.69) is 21.5 Å². The second-order valence-electron chi connectivity index (χ2n) is 10.2. The van der Waals surface area contributed by atoms with Crippen molar-refractivity contribution in [2.75, 3.05) is 13.1 Å². The van der Waals surface area contributed by atoms with E-state index >= 15 is 0 Å². The molecule has 0 radical (unpaired) electrons. The minimum atomic E-state index is -3.86. The fourth-order valence-electron chi connectivity index (χ4n) is 4.58. The topological polar surface area (TPSA) is 171 Å². The minimum Gasteiger partial charge on any atom is -0.444 e. The van der Waals surface area contributed by atoms with Crippen LogP contribution in [0.2, 0.25) is 0 Å². The highest BCUT2D eigenvalue weighted by Crippen LogP contribution is 2.40. The molecule has 1 atom stereocenters. The molecule has 0 aromatic heterocycles. The summed E-state index contributed by atoms with van der Waals surface area (Å²) in [6, 6.07) is 7.91. The van der Waals surface area contributed by atoms with Gasteiger partial charge in [-0.25, -0.2) is 28.3 Å². The number of nitriles is 1. The molecule has 13 heteroatoms. The first kappa shape index (κ1) is 26.3. The Bertz CT molecular complexity index is 1330. The van der Waals surface area contributed by atoms with Gasteiger partial charge in [0.15, 0.2) is 0 Å². The third kappa shape index (κ3) is 5.50. The van der Waals surface area contributed by atoms with E-state index in [4.69, 9.17) is 9.88 Å². The second-order valence-corrected chi connectivity index (χ2v) is 11.7. The Labute approximate surface area is 215 Å². The number of nitrogens with zero attached hydrogens (tertiary/aromatic N) is 5. The maximum absolute atomic E-state index is 12.8. The van der Waals surface area contributed by atoms with Gasteiger partial charge in [-0.15, -0.1) is 0 Å². The smallest absolute Gasteiger partial charge is 0.410 e. The van der Waals surface area contributed by atoms with Crippen LogP contribution in [0, 0.1) is 17.2 Å². The molecule has 0 saturated carbocycles. The van der Waals surface area contributed by atoms with Crippen LogP contribution in [0.3, 0.4) is 0 Å². The molecule has 0 spiro atoms. The van der Waals surface area contributed by atoms with Gasteiger partial charge in [0.05, 0.1) is 34.3 Å². The number of piperidine rings is 1. The normalized spacial score (nSPS) is 22.2. The van der Waals surface area contributed by atoms with Crippen molar-refractivity contribution < 1.29 is 22.7 Å². The number of dihydropyridines is 1. The molecule has 1 unspecified atom stereocenters. The minimum absolute atomic E-state index is 0.0545. The molecule has 2 saturated heterocycles. The van der Waals surface area contributed by atoms with E-state index in [0.29, 0.717) is 43.2 Å². The summed E-state index contributed by atoms with van der Waals surface area (Å²) in [5.74, 6) is -0.906. The summed E-state index contributed by atoms with van der Waals surface area (Å²) >= 11 is 0. The highest BCUT2D eigenvalue weighted by Gasteiger charge is 2.50. The lowest BCUT2D eigenvalue weighted by atomic mass is 9.83. The summed E-state index contributed by atoms with van der Waals surface area (Å²) in [7, 11) is -3.86. The van der Waals surface area contributed by atoms with Crippen molar-refractivity contribution >= 4 is 39.8 Å². The van der Waals surface area contributed by atoms with Crippen molar-refractivity contribution in [1.29, 1.82) is 5.26 Å². The first-order valence-corrected chi connectivity index (χ1v) is 13.3. The number of amides is 2. The van der Waals surface area contributed by atoms with Gasteiger partial charge < -0.3 is 9.64 Å². The van der Waals surface area contributed by atoms with Gasteiger partial charge in [-0.2, -0.15) is 5.26 Å². The SMILES string of the molecule is CC(C)(C)OC(=O)N1CCC(CC#N)(N2NC(=Nc3ccc(S(N)(=O)=O)cc3)C3C(=O)N=CC=C32)CC1. The zero-order valence-corrected chi connectivity index (χ0v) is 21.7. The Morgan fingerprint density at radius 1 is 1.30 bits per heavy atom. The third-order valence-corrected chi connectivity index (χ3v) is 7.32. The molecule has 1 aromatic carbocycles. The molecule has 2 amide bonds. The zero-order valence-electron chi connectivity index (χ0n) is 20.8. The Balaban J connectivity index is 1.63. The molecule has 3 aliphatic heterocycles. The predicted molar refractivity (Wildman–Crippen MR) is 135 cm³/mol. The van der Waals surface area contributed by atoms with Gasteiger partial charge in [0.2, 0.25) is 10.0 Å². The van der Waals surface area contributed by atoms with Crippen LogP contribution in [0.1, 0.15) is 40.0 Å². The number of aliphatic imine (C=N–C) groups is 2. The predicted octanol–water partition coefficient (Wildman–Crippen LogP) is 1.98. The summed E-state index contributed by atoms with van der Waals surface area (Å²) in [5.41, 5.74) is 2.91. The number of fused-ring (bicyclic) bond motifs is 1. The van der Waals surface area contributed by atoms with Crippen molar-refractivity contribution in [3.8, 4) is 6.07 Å². The first-order valence-electron chi connectivity index (χ1n) is 11.7. The lowest BCUT2D eigenvalue weighted by Gasteiger charge is -2.47. The van der Waals surface area contributed by atoms with E-state index < -0.39 is 39.1 Å². The van der Waals surface area contributed by atoms with Crippen LogP contribution in [-0.2, 0) is 19.6 Å². The van der Waals surface area contributed by atoms with Crippen LogP contribution in [0.4, 0.5) is 10.5 Å². The van der Waals surface area contributed by atoms with Crippen molar-refractivity contribution in [2.45, 2.75) is 56.1 Å². The Morgan fingerprint density at radius 3 is 2.51 bits per heavy atom. The van der Waals surface area contributed by atoms with E-state index in [1.54, 1.807) is 31.7 Å². The highest BCUT2D eigenvalue weighted by atomic mass is 32.2. The lowest BCUT2D eigenvalue weighted by molar-refractivity contribution is -0.119. The molecule has 1 aromatic rings. The molecule has 3 heterocycles. The van der Waals surface area contributed by atoms with Crippen LogP contribution < -0.4 is 10.6 Å². The van der Waals surface area contributed by atoms with Crippen molar-refractivity contribution in [1.82, 2.24) is 15.3 Å². The number of likely N-dealkylation sites (tertiary alicyclic amines) is 1. The Morgan fingerprint density at radius 2 is 1.95 bits per heavy atom. The summed E-state index contributed by atoms with van der Waals surface area (Å²) in [6.07, 6.45) is 3.79. The number of benzene rings is 1. The number of carbonyl (C=O) groups excluding carboxylic acids is 2. The number of rotatable bonds is 4. The van der Waals surface area contributed by atoms with Crippen LogP contribution in [-0.4, -0.2) is 66.6 Å². The number of hydrazine groups is 1. The van der Waals surface area contributed by atoms with Gasteiger partial charge in [-0.05, 0) is 64.0 Å². The van der Waals surface area contributed by atoms with Gasteiger partial charge >= 0.3 is 6.09 Å². The van der Waals surface area contributed by atoms with E-state index in [-0.39, 0.29) is 11.3 Å². The van der Waals surface area contributed by atoms with Gasteiger partial charge in [-0.3, -0.25) is 15.2 Å². The number of nitrogens with one attached hydrogen (secondary N) is 1. The third-order valence-electron chi connectivity index (χ3n) is 6.39. The summed E-state index contributed by atoms with van der Waals surface area (Å²) < 4.78 is 28.6. The molecule has 3 N–H and O–H groups in total. The number of amidine groups is 1. The standard InChI is InChI=1S/C24H29N7O5S/c1-23(2,3)36-22(33)30-14-10-24(9-12-25,11-15-30)31-18-8-13-27-21(32)19(18)20(29-31)28-16-4-6-17(7-5-16)37(26,34)35/h4-8,13,19H,9-11,14-15H2,1-3H3,(H,28,29)(H2,26,34,35). The van der Waals surface area contributed by atoms with Gasteiger partial charge in [0, 0.05) is 19.3 Å². The number of hydrogen-bond donors (Lipinski definition) is 2. The van der Waals surface area contributed by atoms with Crippen molar-refractivity contribution in [2.24, 2.45) is 21.0 Å². The zero-order chi connectivity index (χ0) is 27.0. The Kier molecular flexibility index (Phi) is 6.83. The summed E-state index contributed by atoms with van der Waals surface area (Å²) in [5, 5.41) is 16.7. The molecule has 0 aliphatic carbocycles. The monoisotopic (exact) mass is 527 g/mol. The molecular formula is C24H29N7O5S. The largest absolute Gasteiger partial charge is 0.444 e. The maximum Gasteiger partial charge on any atom is 0.410 e. The molecule has 12 nitrogen and oxygen atoms in total. The number of allylic oxidation sites excluding steroid dienone is 1. The number of carbonyl (C=O) groups is 2. The van der Waals surface area contributed by atoms with Crippen molar-refractivity contribution in [3.63, 3.8) is 0 Å². The summed E-state index contributed by atoms with van der Waals surface area (Å²) in [6.45, 7) is 6.16. The Hall–Kier alpha value is -3.76. The van der Waals surface area contributed by atoms with E-state index in [1.807, 2.05) is 5.01 Å². The fourth-order valence-corrected chi connectivity index (χ4v) is 5.09. The van der Waals surface area contributed by atoms with Crippen LogP contribution in [0.25, 0.3) is 0 Å². The molecular weight excluding hydrogens is 498 g/mol. The van der Waals surface area contributed by atoms with E-state index in [0.717, 1.165) is 0 Å². The van der Waals surface area contributed by atoms with E-state index in [1.165, 1.54) is 30.5 Å². The average molecular weight is 528 g/mol. The van der Waals surface area contributed by atoms with Crippen LogP contribution in [0.5, 0.6) is 0 Å². The average Bonchev–Trinajstić information content (AvgIpc) is 3.18. The van der Waals surface area contributed by atoms with Gasteiger partial charge in [0.25, 0.3) is 5.91 Å². The number of ether oxygens (including phenoxy) is 1. The van der Waals surface area contributed by atoms with Gasteiger partial charge in [0.1, 0.15) is 17.4 Å². The number of primary sulfonamides is 1. The quantitative estimate of drug-likeness (QED) is 0.598. The fraction of sp³-hybridized carbons (Fsp3) is 0.458. The molecule has 2 fully saturated rings. The summed E-state index contributed by atoms with van der Waals surface area (Å²) in [4.78, 5) is 35.4. The molecule has 3 aliphatic rings. The van der Waals surface area contributed by atoms with Gasteiger partial charge in [-0.1, -0.05) is 0 Å². The highest BCUT2D eigenvalue weighted by molar-refractivity contribution is 7.89. The number of hydrogen-bond acceptors (Lipinski definition) is 8. The maximum atomic E-state index is 12.8. The molecule has 4 rings (SSSR count). The van der Waals surface area contributed by atoms with Crippen LogP contribution in [0.15, 0.2) is 50.9 Å². The molecule has 196 valence electrons. The second kappa shape index (κ2) is 9.60. The molecule has 37 heavy (non-hydrogen) atoms. The first-order chi connectivity index (χ1) is 17.3. The lowest BCUT2D eigenvalue weighted by Crippen LogP contribution is -2.58. The number of sulfonamides is 1. The molecule has 0 bridgehead atoms. The van der Waals surface area contributed by atoms with E-state index in [9.17, 15) is 23.3 Å². The van der Waals surface area contributed by atoms with Crippen LogP contribution >= 0.6 is 0 Å². The number of nitrogens with two attached hydrogens (primary N) is 1. The van der Waals surface area contributed by atoms with Crippen molar-refractivity contribution in [3.05, 3.63) is 36.0 Å².